The van der Waals surface area contributed by atoms with Gasteiger partial charge in [0.25, 0.3) is 0 Å². The van der Waals surface area contributed by atoms with Crippen LogP contribution in [0.3, 0.4) is 0 Å². The normalized spacial score (nSPS) is 11.5. The first-order chi connectivity index (χ1) is 18.4. The highest BCUT2D eigenvalue weighted by Crippen LogP contribution is 2.35. The predicted molar refractivity (Wildman–Crippen MR) is 147 cm³/mol. The second kappa shape index (κ2) is 9.53. The summed E-state index contributed by atoms with van der Waals surface area (Å²) in [5.41, 5.74) is 7.44. The van der Waals surface area contributed by atoms with Crippen LogP contribution in [-0.2, 0) is 4.79 Å². The Bertz CT molecular complexity index is 1790. The van der Waals surface area contributed by atoms with E-state index in [2.05, 4.69) is 36.5 Å². The molecule has 4 heterocycles. The van der Waals surface area contributed by atoms with E-state index >= 15 is 0 Å². The lowest BCUT2D eigenvalue weighted by molar-refractivity contribution is -0.116. The third kappa shape index (κ3) is 4.51. The molecule has 0 aliphatic heterocycles. The van der Waals surface area contributed by atoms with Crippen molar-refractivity contribution in [1.82, 2.24) is 30.0 Å². The van der Waals surface area contributed by atoms with Crippen LogP contribution < -0.4 is 5.32 Å². The zero-order chi connectivity index (χ0) is 26.2. The molecule has 0 spiro atoms. The number of rotatable bonds is 6. The van der Waals surface area contributed by atoms with Crippen molar-refractivity contribution < 1.29 is 9.18 Å². The number of likely N-dealkylation sites (N-methyl/N-ethyl adjacent to an activating group) is 1. The molecule has 0 saturated heterocycles. The maximum absolute atomic E-state index is 13.5. The molecule has 6 aromatic rings. The van der Waals surface area contributed by atoms with Gasteiger partial charge in [0.1, 0.15) is 5.82 Å². The molecule has 0 aliphatic rings. The molecule has 1 amide bonds. The summed E-state index contributed by atoms with van der Waals surface area (Å²) in [6, 6.07) is 18.5. The maximum Gasteiger partial charge on any atom is 0.238 e. The summed E-state index contributed by atoms with van der Waals surface area (Å²) in [7, 11) is 3.68. The largest absolute Gasteiger partial charge is 0.353 e. The summed E-state index contributed by atoms with van der Waals surface area (Å²) in [6.45, 7) is 0.281. The van der Waals surface area contributed by atoms with Crippen LogP contribution >= 0.6 is 0 Å². The van der Waals surface area contributed by atoms with E-state index in [1.54, 1.807) is 35.6 Å². The number of hydrogen-bond acceptors (Lipinski definition) is 5. The number of pyridine rings is 2. The standard InChI is InChI=1S/C29H24FN7O/c1-37(2)16-27(38)33-21-10-18(13-31-15-21)19-11-24-28(35-36-29(24)32-14-19)26-12-23-22(4-3-5-25(23)34-26)17-6-8-20(30)9-7-17/h3-15,34H,16H2,1-2H3,(H,33,38)(H,32,35,36). The third-order valence-corrected chi connectivity index (χ3v) is 6.31. The van der Waals surface area contributed by atoms with E-state index in [0.717, 1.165) is 49.9 Å². The number of halogens is 1. The third-order valence-electron chi connectivity index (χ3n) is 6.31. The molecule has 0 fully saturated rings. The smallest absolute Gasteiger partial charge is 0.238 e. The van der Waals surface area contributed by atoms with Crippen molar-refractivity contribution in [3.63, 3.8) is 0 Å². The van der Waals surface area contributed by atoms with Crippen LogP contribution in [0.5, 0.6) is 0 Å². The van der Waals surface area contributed by atoms with Crippen LogP contribution in [0.1, 0.15) is 0 Å². The van der Waals surface area contributed by atoms with Crippen LogP contribution in [0, 0.1) is 5.82 Å². The topological polar surface area (TPSA) is 103 Å². The lowest BCUT2D eigenvalue weighted by atomic mass is 10.0. The highest BCUT2D eigenvalue weighted by Gasteiger charge is 2.15. The van der Waals surface area contributed by atoms with E-state index < -0.39 is 0 Å². The van der Waals surface area contributed by atoms with Gasteiger partial charge in [-0.2, -0.15) is 5.10 Å². The number of benzene rings is 2. The Kier molecular flexibility index (Phi) is 5.89. The zero-order valence-electron chi connectivity index (χ0n) is 20.8. The fourth-order valence-electron chi connectivity index (χ4n) is 4.59. The summed E-state index contributed by atoms with van der Waals surface area (Å²) in [5.74, 6) is -0.377. The van der Waals surface area contributed by atoms with Crippen molar-refractivity contribution >= 4 is 33.5 Å². The Hall–Kier alpha value is -4.89. The van der Waals surface area contributed by atoms with Crippen molar-refractivity contribution in [2.24, 2.45) is 0 Å². The van der Waals surface area contributed by atoms with Crippen molar-refractivity contribution in [3.05, 3.63) is 85.1 Å². The number of anilines is 1. The second-order valence-electron chi connectivity index (χ2n) is 9.40. The molecular formula is C29H24FN7O. The fourth-order valence-corrected chi connectivity index (χ4v) is 4.59. The average Bonchev–Trinajstić information content (AvgIpc) is 3.52. The van der Waals surface area contributed by atoms with E-state index in [1.807, 2.05) is 44.4 Å². The van der Waals surface area contributed by atoms with Gasteiger partial charge < -0.3 is 15.2 Å². The molecule has 8 nitrogen and oxygen atoms in total. The van der Waals surface area contributed by atoms with E-state index in [-0.39, 0.29) is 18.3 Å². The van der Waals surface area contributed by atoms with Crippen LogP contribution in [0.2, 0.25) is 0 Å². The summed E-state index contributed by atoms with van der Waals surface area (Å²) < 4.78 is 13.5. The Labute approximate surface area is 217 Å². The summed E-state index contributed by atoms with van der Waals surface area (Å²) >= 11 is 0. The number of aromatic nitrogens is 5. The van der Waals surface area contributed by atoms with Gasteiger partial charge in [-0.25, -0.2) is 9.37 Å². The Morgan fingerprint density at radius 3 is 2.58 bits per heavy atom. The molecule has 0 unspecified atom stereocenters. The van der Waals surface area contributed by atoms with Crippen LogP contribution in [-0.4, -0.2) is 56.6 Å². The first-order valence-corrected chi connectivity index (χ1v) is 12.1. The van der Waals surface area contributed by atoms with Gasteiger partial charge in [-0.1, -0.05) is 24.3 Å². The molecule has 0 atom stereocenters. The number of carbonyl (C=O) groups is 1. The van der Waals surface area contributed by atoms with E-state index in [9.17, 15) is 9.18 Å². The Morgan fingerprint density at radius 1 is 0.947 bits per heavy atom. The number of hydrogen-bond donors (Lipinski definition) is 3. The van der Waals surface area contributed by atoms with Crippen molar-refractivity contribution in [3.8, 4) is 33.6 Å². The predicted octanol–water partition coefficient (Wildman–Crippen LogP) is 5.47. The van der Waals surface area contributed by atoms with Crippen LogP contribution in [0.4, 0.5) is 10.1 Å². The summed E-state index contributed by atoms with van der Waals surface area (Å²) in [5, 5.41) is 12.3. The van der Waals surface area contributed by atoms with Crippen LogP contribution in [0.15, 0.2) is 79.3 Å². The SMILES string of the molecule is CN(C)CC(=O)Nc1cncc(-c2cnc3n[nH]c(-c4cc5c(-c6ccc(F)cc6)cccc5[nH]4)c3c2)c1. The van der Waals surface area contributed by atoms with Gasteiger partial charge in [0.15, 0.2) is 5.65 Å². The minimum atomic E-state index is -0.264. The lowest BCUT2D eigenvalue weighted by Gasteiger charge is -2.10. The number of nitrogens with one attached hydrogen (secondary N) is 3. The van der Waals surface area contributed by atoms with E-state index in [1.165, 1.54) is 12.1 Å². The molecule has 4 aromatic heterocycles. The highest BCUT2D eigenvalue weighted by molar-refractivity contribution is 6.01. The molecule has 0 aliphatic carbocycles. The Morgan fingerprint density at radius 2 is 1.76 bits per heavy atom. The van der Waals surface area contributed by atoms with Gasteiger partial charge in [-0.3, -0.25) is 14.9 Å². The number of H-pyrrole nitrogens is 2. The van der Waals surface area contributed by atoms with Crippen molar-refractivity contribution in [2.75, 3.05) is 26.0 Å². The van der Waals surface area contributed by atoms with E-state index in [0.29, 0.717) is 11.3 Å². The van der Waals surface area contributed by atoms with Gasteiger partial charge in [0.05, 0.1) is 29.8 Å². The minimum Gasteiger partial charge on any atom is -0.353 e. The maximum atomic E-state index is 13.5. The number of carbonyl (C=O) groups excluding carboxylic acids is 1. The summed E-state index contributed by atoms with van der Waals surface area (Å²) in [4.78, 5) is 26.3. The molecule has 0 saturated carbocycles. The lowest BCUT2D eigenvalue weighted by Crippen LogP contribution is -2.27. The molecule has 6 rings (SSSR count). The fraction of sp³-hybridized carbons (Fsp3) is 0.103. The molecule has 0 radical (unpaired) electrons. The van der Waals surface area contributed by atoms with Gasteiger partial charge in [-0.15, -0.1) is 0 Å². The van der Waals surface area contributed by atoms with Gasteiger partial charge >= 0.3 is 0 Å². The molecule has 9 heteroatoms. The Balaban J connectivity index is 1.38. The van der Waals surface area contributed by atoms with Gasteiger partial charge in [-0.05, 0) is 61.6 Å². The number of fused-ring (bicyclic) bond motifs is 2. The molecule has 188 valence electrons. The molecule has 38 heavy (non-hydrogen) atoms. The first kappa shape index (κ1) is 23.5. The quantitative estimate of drug-likeness (QED) is 0.278. The van der Waals surface area contributed by atoms with Crippen molar-refractivity contribution in [1.29, 1.82) is 0 Å². The molecule has 2 aromatic carbocycles. The first-order valence-electron chi connectivity index (χ1n) is 12.1. The monoisotopic (exact) mass is 505 g/mol. The minimum absolute atomic E-state index is 0.113. The average molecular weight is 506 g/mol. The van der Waals surface area contributed by atoms with E-state index in [4.69, 9.17) is 0 Å². The number of nitrogens with zero attached hydrogens (tertiary/aromatic N) is 4. The summed E-state index contributed by atoms with van der Waals surface area (Å²) in [6.07, 6.45) is 5.10. The van der Waals surface area contributed by atoms with Crippen LogP contribution in [0.25, 0.3) is 55.6 Å². The second-order valence-corrected chi connectivity index (χ2v) is 9.40. The molecule has 3 N–H and O–H groups in total. The molecular weight excluding hydrogens is 481 g/mol. The zero-order valence-corrected chi connectivity index (χ0v) is 20.8. The van der Waals surface area contributed by atoms with Gasteiger partial charge in [0.2, 0.25) is 5.91 Å². The van der Waals surface area contributed by atoms with Crippen molar-refractivity contribution in [2.45, 2.75) is 0 Å². The number of amides is 1. The highest BCUT2D eigenvalue weighted by atomic mass is 19.1. The molecule has 0 bridgehead atoms. The van der Waals surface area contributed by atoms with Gasteiger partial charge in [0, 0.05) is 39.8 Å². The number of aromatic amines is 2.